The second-order valence-corrected chi connectivity index (χ2v) is 11.1. The first-order chi connectivity index (χ1) is 15.9. The fourth-order valence-electron chi connectivity index (χ4n) is 3.97. The lowest BCUT2D eigenvalue weighted by Crippen LogP contribution is -2.56. The number of halogens is 3. The van der Waals surface area contributed by atoms with E-state index < -0.39 is 41.2 Å². The SMILES string of the molecule is CC(C)(C)CN(CC(C)(C)C)[C@H](C(N)=O)C(=O)Nc1ccc(N2CCOCC2=O)cc1C(F)(F)F. The van der Waals surface area contributed by atoms with Crippen LogP contribution in [0.25, 0.3) is 0 Å². The highest BCUT2D eigenvalue weighted by Crippen LogP contribution is 2.38. The van der Waals surface area contributed by atoms with E-state index in [1.807, 2.05) is 41.5 Å². The van der Waals surface area contributed by atoms with Crippen LogP contribution < -0.4 is 16.0 Å². The molecule has 0 unspecified atom stereocenters. The van der Waals surface area contributed by atoms with Gasteiger partial charge >= 0.3 is 6.18 Å². The highest BCUT2D eigenvalue weighted by molar-refractivity contribution is 6.10. The van der Waals surface area contributed by atoms with Gasteiger partial charge in [0, 0.05) is 25.3 Å². The molecule has 196 valence electrons. The molecule has 1 atom stereocenters. The van der Waals surface area contributed by atoms with Crippen molar-refractivity contribution in [3.8, 4) is 0 Å². The number of rotatable bonds is 7. The first-order valence-electron chi connectivity index (χ1n) is 11.3. The number of carbonyl (C=O) groups excluding carboxylic acids is 3. The van der Waals surface area contributed by atoms with E-state index in [9.17, 15) is 27.6 Å². The Morgan fingerprint density at radius 2 is 1.69 bits per heavy atom. The molecule has 35 heavy (non-hydrogen) atoms. The third-order valence-electron chi connectivity index (χ3n) is 5.10. The summed E-state index contributed by atoms with van der Waals surface area (Å²) >= 11 is 0. The second kappa shape index (κ2) is 10.5. The number of alkyl halides is 3. The molecule has 0 aromatic heterocycles. The second-order valence-electron chi connectivity index (χ2n) is 11.1. The van der Waals surface area contributed by atoms with E-state index in [2.05, 4.69) is 5.32 Å². The molecule has 1 fully saturated rings. The van der Waals surface area contributed by atoms with E-state index in [4.69, 9.17) is 10.5 Å². The fourth-order valence-corrected chi connectivity index (χ4v) is 3.97. The Morgan fingerprint density at radius 3 is 2.14 bits per heavy atom. The summed E-state index contributed by atoms with van der Waals surface area (Å²) < 4.78 is 46.8. The highest BCUT2D eigenvalue weighted by atomic mass is 19.4. The largest absolute Gasteiger partial charge is 0.418 e. The first kappa shape index (κ1) is 28.6. The van der Waals surface area contributed by atoms with Gasteiger partial charge in [0.05, 0.1) is 17.9 Å². The van der Waals surface area contributed by atoms with Crippen LogP contribution >= 0.6 is 0 Å². The van der Waals surface area contributed by atoms with E-state index >= 15 is 0 Å². The van der Waals surface area contributed by atoms with Crippen molar-refractivity contribution in [2.45, 2.75) is 53.8 Å². The Labute approximate surface area is 203 Å². The number of anilines is 2. The van der Waals surface area contributed by atoms with Gasteiger partial charge in [-0.2, -0.15) is 13.2 Å². The summed E-state index contributed by atoms with van der Waals surface area (Å²) in [5, 5.41) is 2.26. The molecule has 8 nitrogen and oxygen atoms in total. The monoisotopic (exact) mass is 500 g/mol. The molecule has 1 aromatic carbocycles. The number of nitrogens with two attached hydrogens (primary N) is 1. The molecule has 3 N–H and O–H groups in total. The number of hydrogen-bond acceptors (Lipinski definition) is 5. The van der Waals surface area contributed by atoms with Gasteiger partial charge < -0.3 is 20.7 Å². The van der Waals surface area contributed by atoms with Gasteiger partial charge in [0.1, 0.15) is 6.61 Å². The van der Waals surface area contributed by atoms with Crippen LogP contribution in [0.3, 0.4) is 0 Å². The number of primary amides is 1. The third kappa shape index (κ3) is 8.21. The summed E-state index contributed by atoms with van der Waals surface area (Å²) in [6, 6.07) is 1.72. The van der Waals surface area contributed by atoms with Crippen LogP contribution in [0, 0.1) is 10.8 Å². The van der Waals surface area contributed by atoms with Crippen molar-refractivity contribution in [1.29, 1.82) is 0 Å². The molecule has 1 saturated heterocycles. The van der Waals surface area contributed by atoms with Gasteiger partial charge in [0.25, 0.3) is 11.8 Å². The van der Waals surface area contributed by atoms with Gasteiger partial charge in [-0.15, -0.1) is 0 Å². The third-order valence-corrected chi connectivity index (χ3v) is 5.10. The van der Waals surface area contributed by atoms with Gasteiger partial charge in [-0.3, -0.25) is 19.3 Å². The van der Waals surface area contributed by atoms with Crippen molar-refractivity contribution in [2.75, 3.05) is 43.1 Å². The maximum absolute atomic E-state index is 13.9. The normalized spacial score (nSPS) is 16.4. The Balaban J connectivity index is 2.43. The average Bonchev–Trinajstić information content (AvgIpc) is 2.65. The molecule has 0 aliphatic carbocycles. The highest BCUT2D eigenvalue weighted by Gasteiger charge is 2.39. The van der Waals surface area contributed by atoms with Crippen molar-refractivity contribution in [3.63, 3.8) is 0 Å². The Kier molecular flexibility index (Phi) is 8.60. The lowest BCUT2D eigenvalue weighted by atomic mass is 9.90. The maximum Gasteiger partial charge on any atom is 0.418 e. The molecule has 0 radical (unpaired) electrons. The van der Waals surface area contributed by atoms with Crippen molar-refractivity contribution in [2.24, 2.45) is 16.6 Å². The van der Waals surface area contributed by atoms with E-state index in [0.29, 0.717) is 13.1 Å². The summed E-state index contributed by atoms with van der Waals surface area (Å²) in [5.74, 6) is -2.37. The molecule has 1 heterocycles. The van der Waals surface area contributed by atoms with E-state index in [1.54, 1.807) is 4.90 Å². The molecular formula is C24H35F3N4O4. The van der Waals surface area contributed by atoms with Crippen LogP contribution in [0.5, 0.6) is 0 Å². The van der Waals surface area contributed by atoms with Crippen LogP contribution in [-0.2, 0) is 25.3 Å². The molecule has 0 bridgehead atoms. The summed E-state index contributed by atoms with van der Waals surface area (Å²) in [6.07, 6.45) is -4.83. The molecule has 0 spiro atoms. The number of nitrogens with zero attached hydrogens (tertiary/aromatic N) is 2. The predicted molar refractivity (Wildman–Crippen MR) is 127 cm³/mol. The fraction of sp³-hybridized carbons (Fsp3) is 0.625. The number of hydrogen-bond donors (Lipinski definition) is 2. The molecule has 1 aromatic rings. The predicted octanol–water partition coefficient (Wildman–Crippen LogP) is 3.26. The summed E-state index contributed by atoms with van der Waals surface area (Å²) in [4.78, 5) is 40.4. The minimum absolute atomic E-state index is 0.0390. The zero-order chi connectivity index (χ0) is 26.8. The minimum atomic E-state index is -4.83. The van der Waals surface area contributed by atoms with Crippen molar-refractivity contribution >= 4 is 29.1 Å². The summed E-state index contributed by atoms with van der Waals surface area (Å²) in [5.41, 5.74) is 3.32. The van der Waals surface area contributed by atoms with Crippen LogP contribution in [0.1, 0.15) is 47.1 Å². The Bertz CT molecular complexity index is 936. The van der Waals surface area contributed by atoms with Gasteiger partial charge in [-0.1, -0.05) is 41.5 Å². The molecule has 1 aliphatic rings. The van der Waals surface area contributed by atoms with Crippen LogP contribution in [0.2, 0.25) is 0 Å². The van der Waals surface area contributed by atoms with Gasteiger partial charge in [0.2, 0.25) is 5.91 Å². The standard InChI is InChI=1S/C24H35F3N4O4/c1-22(2,3)13-30(14-23(4,5)6)19(20(28)33)21(34)29-17-8-7-15(11-16(17)24(25,26)27)31-9-10-35-12-18(31)32/h7-8,11,19H,9-10,12-14H2,1-6H3,(H2,28,33)(H,29,34)/t19-/m1/s1. The lowest BCUT2D eigenvalue weighted by molar-refractivity contribution is -0.137. The lowest BCUT2D eigenvalue weighted by Gasteiger charge is -2.38. The van der Waals surface area contributed by atoms with Crippen molar-refractivity contribution in [3.05, 3.63) is 23.8 Å². The molecular weight excluding hydrogens is 465 g/mol. The topological polar surface area (TPSA) is 105 Å². The number of amides is 3. The number of benzene rings is 1. The first-order valence-corrected chi connectivity index (χ1v) is 11.3. The number of nitrogens with one attached hydrogen (secondary N) is 1. The summed E-state index contributed by atoms with van der Waals surface area (Å²) in [7, 11) is 0. The van der Waals surface area contributed by atoms with E-state index in [-0.39, 0.29) is 36.3 Å². The van der Waals surface area contributed by atoms with Gasteiger partial charge in [-0.05, 0) is 29.0 Å². The smallest absolute Gasteiger partial charge is 0.370 e. The average molecular weight is 501 g/mol. The van der Waals surface area contributed by atoms with Crippen LogP contribution in [0.4, 0.5) is 24.5 Å². The Morgan fingerprint density at radius 1 is 1.11 bits per heavy atom. The van der Waals surface area contributed by atoms with Gasteiger partial charge in [-0.25, -0.2) is 0 Å². The zero-order valence-corrected chi connectivity index (χ0v) is 21.1. The van der Waals surface area contributed by atoms with Crippen LogP contribution in [0.15, 0.2) is 18.2 Å². The Hall–Kier alpha value is -2.66. The van der Waals surface area contributed by atoms with Crippen molar-refractivity contribution < 1.29 is 32.3 Å². The van der Waals surface area contributed by atoms with E-state index in [0.717, 1.165) is 12.1 Å². The van der Waals surface area contributed by atoms with Crippen molar-refractivity contribution in [1.82, 2.24) is 4.90 Å². The molecule has 11 heteroatoms. The summed E-state index contributed by atoms with van der Waals surface area (Å²) in [6.45, 7) is 12.3. The number of carbonyl (C=O) groups is 3. The zero-order valence-electron chi connectivity index (χ0n) is 21.1. The number of morpholine rings is 1. The molecule has 3 amide bonds. The minimum Gasteiger partial charge on any atom is -0.370 e. The molecule has 2 rings (SSSR count). The molecule has 0 saturated carbocycles. The maximum atomic E-state index is 13.9. The van der Waals surface area contributed by atoms with Gasteiger partial charge in [0.15, 0.2) is 6.04 Å². The quantitative estimate of drug-likeness (QED) is 0.560. The number of ether oxygens (including phenoxy) is 1. The van der Waals surface area contributed by atoms with E-state index in [1.165, 1.54) is 11.0 Å². The van der Waals surface area contributed by atoms with Crippen LogP contribution in [-0.4, -0.2) is 61.5 Å². The molecule has 1 aliphatic heterocycles.